The summed E-state index contributed by atoms with van der Waals surface area (Å²) < 4.78 is 16.8. The van der Waals surface area contributed by atoms with E-state index < -0.39 is 5.97 Å². The number of rotatable bonds is 4. The molecular weight excluding hydrogens is 378 g/mol. The van der Waals surface area contributed by atoms with E-state index in [0.717, 1.165) is 10.1 Å². The number of amides is 1. The number of ether oxygens (including phenoxy) is 3. The minimum atomic E-state index is -0.599. The van der Waals surface area contributed by atoms with Crippen molar-refractivity contribution in [3.63, 3.8) is 0 Å². The Bertz CT molecular complexity index is 826. The molecule has 8 heteroatoms. The van der Waals surface area contributed by atoms with Crippen LogP contribution in [0.5, 0.6) is 5.75 Å². The molecule has 0 bridgehead atoms. The van der Waals surface area contributed by atoms with Crippen molar-refractivity contribution < 1.29 is 23.8 Å². The molecule has 2 heterocycles. The van der Waals surface area contributed by atoms with Gasteiger partial charge in [-0.3, -0.25) is 4.79 Å². The molecule has 1 saturated heterocycles. The monoisotopic (exact) mass is 397 g/mol. The smallest absolute Gasteiger partial charge is 0.350 e. The maximum absolute atomic E-state index is 12.4. The van der Waals surface area contributed by atoms with Gasteiger partial charge in [0, 0.05) is 23.2 Å². The quantitative estimate of drug-likeness (QED) is 0.740. The zero-order valence-corrected chi connectivity index (χ0v) is 16.4. The van der Waals surface area contributed by atoms with Gasteiger partial charge in [0.15, 0.2) is 6.61 Å². The van der Waals surface area contributed by atoms with Crippen LogP contribution in [-0.4, -0.2) is 55.8 Å². The number of nitrogens with zero attached hydrogens (tertiary/aromatic N) is 1. The van der Waals surface area contributed by atoms with Gasteiger partial charge in [0.2, 0.25) is 0 Å². The highest BCUT2D eigenvalue weighted by Crippen LogP contribution is 2.37. The van der Waals surface area contributed by atoms with Gasteiger partial charge >= 0.3 is 5.97 Å². The number of halogens is 1. The first-order chi connectivity index (χ1) is 12.4. The first-order valence-electron chi connectivity index (χ1n) is 8.25. The Morgan fingerprint density at radius 3 is 2.65 bits per heavy atom. The topological polar surface area (TPSA) is 65.1 Å². The molecule has 2 atom stereocenters. The first-order valence-corrected chi connectivity index (χ1v) is 9.45. The van der Waals surface area contributed by atoms with Crippen LogP contribution in [0.2, 0.25) is 5.02 Å². The van der Waals surface area contributed by atoms with Crippen LogP contribution in [0.15, 0.2) is 18.2 Å². The number of carbonyl (C=O) groups is 2. The van der Waals surface area contributed by atoms with Crippen molar-refractivity contribution in [2.75, 3.05) is 26.8 Å². The number of benzene rings is 1. The lowest BCUT2D eigenvalue weighted by molar-refractivity contribution is -0.146. The van der Waals surface area contributed by atoms with Crippen LogP contribution in [0.25, 0.3) is 10.1 Å². The van der Waals surface area contributed by atoms with Crippen LogP contribution in [0, 0.1) is 0 Å². The lowest BCUT2D eigenvalue weighted by atomic mass is 10.2. The van der Waals surface area contributed by atoms with Gasteiger partial charge in [-0.2, -0.15) is 0 Å². The summed E-state index contributed by atoms with van der Waals surface area (Å²) in [5.41, 5.74) is 0. The van der Waals surface area contributed by atoms with Crippen LogP contribution in [0.3, 0.4) is 0 Å². The van der Waals surface area contributed by atoms with Crippen molar-refractivity contribution in [2.45, 2.75) is 26.1 Å². The minimum absolute atomic E-state index is 0.0366. The molecule has 3 rings (SSSR count). The highest BCUT2D eigenvalue weighted by Gasteiger charge is 2.27. The standard InChI is InChI=1S/C18H20ClNO5S/c1-10-7-20(8-11(2)25-10)15(21)9-24-18(22)17-16(19)13-5-4-12(23-3)6-14(13)26-17/h4-6,10-11H,7-9H2,1-3H3. The van der Waals surface area contributed by atoms with E-state index in [-0.39, 0.29) is 29.6 Å². The molecule has 0 N–H and O–H groups in total. The molecule has 1 aliphatic rings. The molecular formula is C18H20ClNO5S. The number of hydrogen-bond donors (Lipinski definition) is 0. The summed E-state index contributed by atoms with van der Waals surface area (Å²) in [6.45, 7) is 4.49. The SMILES string of the molecule is COc1ccc2c(Cl)c(C(=O)OCC(=O)N3CC(C)OC(C)C3)sc2c1. The fourth-order valence-corrected chi connectivity index (χ4v) is 4.40. The lowest BCUT2D eigenvalue weighted by Gasteiger charge is -2.35. The largest absolute Gasteiger partial charge is 0.497 e. The molecule has 1 fully saturated rings. The summed E-state index contributed by atoms with van der Waals surface area (Å²) in [6.07, 6.45) is -0.0733. The predicted octanol–water partition coefficient (Wildman–Crippen LogP) is 3.36. The van der Waals surface area contributed by atoms with Crippen molar-refractivity contribution in [2.24, 2.45) is 0 Å². The molecule has 1 aromatic carbocycles. The third kappa shape index (κ3) is 3.95. The Morgan fingerprint density at radius 1 is 1.31 bits per heavy atom. The number of hydrogen-bond acceptors (Lipinski definition) is 6. The van der Waals surface area contributed by atoms with Gasteiger partial charge < -0.3 is 19.1 Å². The van der Waals surface area contributed by atoms with Gasteiger partial charge in [0.25, 0.3) is 5.91 Å². The number of esters is 1. The lowest BCUT2D eigenvalue weighted by Crippen LogP contribution is -2.49. The molecule has 0 aliphatic carbocycles. The Balaban J connectivity index is 1.67. The summed E-state index contributed by atoms with van der Waals surface area (Å²) >= 11 is 7.52. The van der Waals surface area contributed by atoms with Gasteiger partial charge in [-0.25, -0.2) is 4.79 Å². The normalized spacial score (nSPS) is 20.2. The van der Waals surface area contributed by atoms with E-state index in [2.05, 4.69) is 0 Å². The maximum atomic E-state index is 12.4. The van der Waals surface area contributed by atoms with E-state index in [1.165, 1.54) is 11.3 Å². The summed E-state index contributed by atoms with van der Waals surface area (Å²) in [7, 11) is 1.57. The van der Waals surface area contributed by atoms with Crippen molar-refractivity contribution >= 4 is 44.9 Å². The molecule has 0 radical (unpaired) electrons. The van der Waals surface area contributed by atoms with E-state index >= 15 is 0 Å². The number of thiophene rings is 1. The van der Waals surface area contributed by atoms with Crippen LogP contribution in [0.4, 0.5) is 0 Å². The summed E-state index contributed by atoms with van der Waals surface area (Å²) in [5, 5.41) is 1.09. The average molecular weight is 398 g/mol. The van der Waals surface area contributed by atoms with Gasteiger partial charge in [-0.05, 0) is 32.0 Å². The van der Waals surface area contributed by atoms with E-state index in [0.29, 0.717) is 23.9 Å². The van der Waals surface area contributed by atoms with Gasteiger partial charge in [-0.15, -0.1) is 11.3 Å². The second-order valence-electron chi connectivity index (χ2n) is 6.24. The predicted molar refractivity (Wildman–Crippen MR) is 100 cm³/mol. The van der Waals surface area contributed by atoms with Crippen LogP contribution in [0.1, 0.15) is 23.5 Å². The van der Waals surface area contributed by atoms with Gasteiger partial charge in [-0.1, -0.05) is 11.6 Å². The van der Waals surface area contributed by atoms with E-state index in [1.54, 1.807) is 24.1 Å². The van der Waals surface area contributed by atoms with Crippen LogP contribution < -0.4 is 4.74 Å². The van der Waals surface area contributed by atoms with Crippen molar-refractivity contribution in [1.82, 2.24) is 4.90 Å². The Hall–Kier alpha value is -1.83. The minimum Gasteiger partial charge on any atom is -0.497 e. The average Bonchev–Trinajstić information content (AvgIpc) is 2.94. The first kappa shape index (κ1) is 18.9. The third-order valence-corrected chi connectivity index (χ3v) is 5.76. The van der Waals surface area contributed by atoms with Crippen LogP contribution >= 0.6 is 22.9 Å². The molecule has 2 unspecified atom stereocenters. The molecule has 1 aliphatic heterocycles. The fourth-order valence-electron chi connectivity index (χ4n) is 2.97. The summed E-state index contributed by atoms with van der Waals surface area (Å²) in [5.74, 6) is -0.154. The summed E-state index contributed by atoms with van der Waals surface area (Å²) in [6, 6.07) is 5.39. The molecule has 2 aromatic rings. The van der Waals surface area contributed by atoms with E-state index in [9.17, 15) is 9.59 Å². The van der Waals surface area contributed by atoms with Crippen molar-refractivity contribution in [1.29, 1.82) is 0 Å². The highest BCUT2D eigenvalue weighted by atomic mass is 35.5. The Labute approximate surface area is 160 Å². The Morgan fingerprint density at radius 2 is 2.00 bits per heavy atom. The zero-order chi connectivity index (χ0) is 18.8. The van der Waals surface area contributed by atoms with Crippen molar-refractivity contribution in [3.8, 4) is 5.75 Å². The molecule has 1 aromatic heterocycles. The molecule has 140 valence electrons. The molecule has 26 heavy (non-hydrogen) atoms. The number of carbonyl (C=O) groups excluding carboxylic acids is 2. The van der Waals surface area contributed by atoms with Crippen molar-refractivity contribution in [3.05, 3.63) is 28.1 Å². The van der Waals surface area contributed by atoms with Gasteiger partial charge in [0.05, 0.1) is 24.3 Å². The van der Waals surface area contributed by atoms with Crippen LogP contribution in [-0.2, 0) is 14.3 Å². The van der Waals surface area contributed by atoms with Gasteiger partial charge in [0.1, 0.15) is 10.6 Å². The second kappa shape index (κ2) is 7.82. The number of fused-ring (bicyclic) bond motifs is 1. The molecule has 6 nitrogen and oxygen atoms in total. The third-order valence-electron chi connectivity index (χ3n) is 4.12. The summed E-state index contributed by atoms with van der Waals surface area (Å²) in [4.78, 5) is 26.6. The molecule has 0 saturated carbocycles. The molecule has 0 spiro atoms. The number of morpholine rings is 1. The number of methoxy groups -OCH3 is 1. The highest BCUT2D eigenvalue weighted by molar-refractivity contribution is 7.21. The maximum Gasteiger partial charge on any atom is 0.350 e. The zero-order valence-electron chi connectivity index (χ0n) is 14.8. The van der Waals surface area contributed by atoms with E-state index in [1.807, 2.05) is 19.9 Å². The fraction of sp³-hybridized carbons (Fsp3) is 0.444. The second-order valence-corrected chi connectivity index (χ2v) is 7.67. The Kier molecular flexibility index (Phi) is 5.70. The molecule has 1 amide bonds. The van der Waals surface area contributed by atoms with E-state index in [4.69, 9.17) is 25.8 Å².